The number of benzene rings is 3. The molecule has 3 unspecified atom stereocenters. The van der Waals surface area contributed by atoms with Crippen molar-refractivity contribution in [3.05, 3.63) is 99.0 Å². The number of rotatable bonds is 10. The zero-order valence-corrected chi connectivity index (χ0v) is 21.1. The maximum absolute atomic E-state index is 6.26. The summed E-state index contributed by atoms with van der Waals surface area (Å²) < 4.78 is 5.37. The van der Waals surface area contributed by atoms with Gasteiger partial charge in [0, 0.05) is 0 Å². The minimum atomic E-state index is 0.430. The van der Waals surface area contributed by atoms with Gasteiger partial charge in [0.05, 0.1) is 17.2 Å². The summed E-state index contributed by atoms with van der Waals surface area (Å²) in [5.41, 5.74) is 5.41. The molecule has 3 heteroatoms. The van der Waals surface area contributed by atoms with Gasteiger partial charge in [-0.25, -0.2) is 0 Å². The van der Waals surface area contributed by atoms with Gasteiger partial charge in [0.15, 0.2) is 0 Å². The second-order valence-corrected chi connectivity index (χ2v) is 9.83. The van der Waals surface area contributed by atoms with Crippen LogP contribution in [0, 0.1) is 6.92 Å². The van der Waals surface area contributed by atoms with Crippen molar-refractivity contribution in [2.45, 2.75) is 64.2 Å². The first-order chi connectivity index (χ1) is 15.4. The molecule has 1 nitrogen and oxygen atoms in total. The highest BCUT2D eigenvalue weighted by Gasteiger charge is 2.17. The van der Waals surface area contributed by atoms with Gasteiger partial charge in [0.2, 0.25) is 0 Å². The fourth-order valence-electron chi connectivity index (χ4n) is 4.39. The summed E-state index contributed by atoms with van der Waals surface area (Å²) in [5.74, 6) is 2.39. The molecule has 3 aromatic rings. The van der Waals surface area contributed by atoms with Crippen LogP contribution in [0.2, 0.25) is 10.0 Å². The Morgan fingerprint density at radius 2 is 1.28 bits per heavy atom. The highest BCUT2D eigenvalue weighted by Crippen LogP contribution is 2.35. The van der Waals surface area contributed by atoms with Crippen molar-refractivity contribution in [3.63, 3.8) is 0 Å². The molecule has 32 heavy (non-hydrogen) atoms. The predicted molar refractivity (Wildman–Crippen MR) is 139 cm³/mol. The van der Waals surface area contributed by atoms with Crippen molar-refractivity contribution in [2.24, 2.45) is 0 Å². The summed E-state index contributed by atoms with van der Waals surface area (Å²) in [6.07, 6.45) is 4.57. The van der Waals surface area contributed by atoms with E-state index in [4.69, 9.17) is 27.9 Å². The van der Waals surface area contributed by atoms with Crippen molar-refractivity contribution in [1.82, 2.24) is 0 Å². The lowest BCUT2D eigenvalue weighted by Gasteiger charge is -2.22. The molecule has 3 aromatic carbocycles. The summed E-state index contributed by atoms with van der Waals surface area (Å²) in [6.45, 7) is 6.79. The maximum Gasteiger partial charge on any atom is 0.118 e. The summed E-state index contributed by atoms with van der Waals surface area (Å²) in [6, 6.07) is 23.5. The molecule has 0 saturated heterocycles. The van der Waals surface area contributed by atoms with Gasteiger partial charge in [-0.1, -0.05) is 85.1 Å². The molecule has 0 aliphatic rings. The molecular weight excluding hydrogens is 435 g/mol. The number of ether oxygens (including phenoxy) is 1. The van der Waals surface area contributed by atoms with E-state index in [1.165, 1.54) is 28.7 Å². The van der Waals surface area contributed by atoms with E-state index in [1.807, 2.05) is 12.1 Å². The zero-order chi connectivity index (χ0) is 23.1. The molecule has 0 spiro atoms. The minimum absolute atomic E-state index is 0.430. The van der Waals surface area contributed by atoms with Gasteiger partial charge in [-0.15, -0.1) is 0 Å². The highest BCUT2D eigenvalue weighted by atomic mass is 35.5. The Kier molecular flexibility index (Phi) is 9.08. The molecule has 3 atom stereocenters. The van der Waals surface area contributed by atoms with E-state index >= 15 is 0 Å². The monoisotopic (exact) mass is 468 g/mol. The Hall–Kier alpha value is -1.96. The average Bonchev–Trinajstić information content (AvgIpc) is 2.80. The summed E-state index contributed by atoms with van der Waals surface area (Å²) in [7, 11) is 1.72. The molecule has 0 aliphatic carbocycles. The van der Waals surface area contributed by atoms with Crippen molar-refractivity contribution in [1.29, 1.82) is 0 Å². The van der Waals surface area contributed by atoms with Gasteiger partial charge in [-0.2, -0.15) is 0 Å². The Balaban J connectivity index is 1.70. The summed E-state index contributed by atoms with van der Waals surface area (Å²) in [4.78, 5) is 0. The smallest absolute Gasteiger partial charge is 0.118 e. The minimum Gasteiger partial charge on any atom is -0.497 e. The third-order valence-corrected chi connectivity index (χ3v) is 7.35. The van der Waals surface area contributed by atoms with Crippen LogP contribution in [-0.4, -0.2) is 7.11 Å². The van der Waals surface area contributed by atoms with Crippen LogP contribution >= 0.6 is 23.2 Å². The molecule has 0 heterocycles. The Morgan fingerprint density at radius 3 is 1.84 bits per heavy atom. The summed E-state index contributed by atoms with van der Waals surface area (Å²) in [5, 5.41) is 1.25. The van der Waals surface area contributed by atoms with E-state index in [9.17, 15) is 0 Å². The van der Waals surface area contributed by atoms with Crippen LogP contribution in [0.15, 0.2) is 66.7 Å². The predicted octanol–water partition coefficient (Wildman–Crippen LogP) is 9.56. The molecule has 3 rings (SSSR count). The van der Waals surface area contributed by atoms with Crippen molar-refractivity contribution >= 4 is 23.2 Å². The standard InChI is InChI=1S/C29H34Cl2O/c1-20-6-5-7-25(18-20)21(2)8-10-23(24-12-15-27(32-4)16-13-24)11-9-22(3)26-14-17-28(30)29(31)19-26/h5-7,12-19,21-23H,8-11H2,1-4H3. The normalized spacial score (nSPS) is 14.1. The van der Waals surface area contributed by atoms with Crippen LogP contribution in [0.5, 0.6) is 5.75 Å². The molecule has 0 bridgehead atoms. The SMILES string of the molecule is COc1ccc(C(CCC(C)c2cccc(C)c2)CCC(C)c2ccc(Cl)c(Cl)c2)cc1. The largest absolute Gasteiger partial charge is 0.497 e. The molecule has 0 fully saturated rings. The van der Waals surface area contributed by atoms with Crippen molar-refractivity contribution < 1.29 is 4.74 Å². The lowest BCUT2D eigenvalue weighted by atomic mass is 9.83. The van der Waals surface area contributed by atoms with E-state index in [2.05, 4.69) is 75.4 Å². The van der Waals surface area contributed by atoms with Crippen LogP contribution in [-0.2, 0) is 0 Å². The molecule has 0 aromatic heterocycles. The Morgan fingerprint density at radius 1 is 0.688 bits per heavy atom. The number of aryl methyl sites for hydroxylation is 1. The first kappa shape index (κ1) is 24.7. The molecule has 0 amide bonds. The second kappa shape index (κ2) is 11.8. The zero-order valence-electron chi connectivity index (χ0n) is 19.6. The van der Waals surface area contributed by atoms with Gasteiger partial charge in [0.25, 0.3) is 0 Å². The lowest BCUT2D eigenvalue weighted by Crippen LogP contribution is -2.05. The Bertz CT molecular complexity index is 996. The quantitative estimate of drug-likeness (QED) is 0.287. The molecule has 0 aliphatic heterocycles. The molecule has 0 radical (unpaired) electrons. The average molecular weight is 469 g/mol. The van der Waals surface area contributed by atoms with E-state index in [0.717, 1.165) is 25.0 Å². The van der Waals surface area contributed by atoms with Crippen molar-refractivity contribution in [2.75, 3.05) is 7.11 Å². The fourth-order valence-corrected chi connectivity index (χ4v) is 4.69. The van der Waals surface area contributed by atoms with Crippen LogP contribution in [0.25, 0.3) is 0 Å². The molecule has 0 N–H and O–H groups in total. The van der Waals surface area contributed by atoms with E-state index in [-0.39, 0.29) is 0 Å². The highest BCUT2D eigenvalue weighted by molar-refractivity contribution is 6.42. The first-order valence-corrected chi connectivity index (χ1v) is 12.3. The maximum atomic E-state index is 6.26. The lowest BCUT2D eigenvalue weighted by molar-refractivity contribution is 0.414. The fraction of sp³-hybridized carbons (Fsp3) is 0.379. The summed E-state index contributed by atoms with van der Waals surface area (Å²) >= 11 is 12.4. The number of halogens is 2. The van der Waals surface area contributed by atoms with E-state index < -0.39 is 0 Å². The van der Waals surface area contributed by atoms with E-state index in [1.54, 1.807) is 7.11 Å². The third kappa shape index (κ3) is 6.77. The van der Waals surface area contributed by atoms with Gasteiger partial charge in [-0.05, 0) is 91.3 Å². The second-order valence-electron chi connectivity index (χ2n) is 9.01. The molecule has 0 saturated carbocycles. The van der Waals surface area contributed by atoms with Crippen molar-refractivity contribution in [3.8, 4) is 5.75 Å². The number of hydrogen-bond acceptors (Lipinski definition) is 1. The van der Waals surface area contributed by atoms with Crippen LogP contribution in [0.1, 0.15) is 79.5 Å². The van der Waals surface area contributed by atoms with E-state index in [0.29, 0.717) is 27.8 Å². The first-order valence-electron chi connectivity index (χ1n) is 11.5. The molecular formula is C29H34Cl2O. The number of hydrogen-bond donors (Lipinski definition) is 0. The van der Waals surface area contributed by atoms with Gasteiger partial charge in [-0.3, -0.25) is 0 Å². The van der Waals surface area contributed by atoms with Gasteiger partial charge in [0.1, 0.15) is 5.75 Å². The Labute approximate surface area is 203 Å². The topological polar surface area (TPSA) is 9.23 Å². The molecule has 170 valence electrons. The third-order valence-electron chi connectivity index (χ3n) is 6.61. The van der Waals surface area contributed by atoms with Crippen LogP contribution < -0.4 is 4.74 Å². The van der Waals surface area contributed by atoms with Crippen LogP contribution in [0.4, 0.5) is 0 Å². The van der Waals surface area contributed by atoms with Gasteiger partial charge >= 0.3 is 0 Å². The van der Waals surface area contributed by atoms with Crippen LogP contribution in [0.3, 0.4) is 0 Å². The number of methoxy groups -OCH3 is 1. The van der Waals surface area contributed by atoms with Gasteiger partial charge < -0.3 is 4.74 Å².